The Labute approximate surface area is 340 Å². The van der Waals surface area contributed by atoms with Gasteiger partial charge in [-0.25, -0.2) is 19.6 Å². The fourth-order valence-corrected chi connectivity index (χ4v) is 8.81. The zero-order valence-corrected chi connectivity index (χ0v) is 33.7. The number of carbonyl (C=O) groups excluding carboxylic acids is 4. The van der Waals surface area contributed by atoms with Crippen LogP contribution in [0.15, 0.2) is 65.5 Å². The molecular weight excluding hydrogens is 757 g/mol. The molecule has 3 fully saturated rings. The quantitative estimate of drug-likeness (QED) is 0.121. The van der Waals surface area contributed by atoms with Crippen LogP contribution in [-0.2, 0) is 19.1 Å². The molecule has 3 aromatic heterocycles. The average Bonchev–Trinajstić information content (AvgIpc) is 3.91. The van der Waals surface area contributed by atoms with Crippen LogP contribution in [0.2, 0.25) is 0 Å². The molecule has 14 nitrogen and oxygen atoms in total. The smallest absolute Gasteiger partial charge is 0.407 e. The Morgan fingerprint density at radius 1 is 0.897 bits per heavy atom. The number of amides is 4. The average molecular weight is 803 g/mol. The summed E-state index contributed by atoms with van der Waals surface area (Å²) in [4.78, 5) is 72.0. The van der Waals surface area contributed by atoms with Gasteiger partial charge in [-0.2, -0.15) is 11.3 Å². The Hall–Kier alpha value is -6.14. The zero-order valence-electron chi connectivity index (χ0n) is 32.8. The third kappa shape index (κ3) is 7.89. The molecule has 5 aromatic rings. The van der Waals surface area contributed by atoms with E-state index in [1.807, 2.05) is 78.0 Å². The minimum absolute atomic E-state index is 0.107. The van der Waals surface area contributed by atoms with E-state index < -0.39 is 24.3 Å². The Morgan fingerprint density at radius 2 is 1.64 bits per heavy atom. The minimum atomic E-state index is -0.849. The highest BCUT2D eigenvalue weighted by atomic mass is 32.1. The highest BCUT2D eigenvalue weighted by Gasteiger charge is 2.55. The van der Waals surface area contributed by atoms with Crippen LogP contribution in [0.4, 0.5) is 9.59 Å². The topological polar surface area (TPSA) is 175 Å². The number of imidazole rings is 2. The second kappa shape index (κ2) is 16.0. The molecule has 0 radical (unpaired) electrons. The van der Waals surface area contributed by atoms with E-state index in [-0.39, 0.29) is 35.2 Å². The second-order valence-electron chi connectivity index (χ2n) is 15.7. The molecule has 2 aliphatic heterocycles. The first-order chi connectivity index (χ1) is 28.0. The molecule has 1 saturated carbocycles. The summed E-state index contributed by atoms with van der Waals surface area (Å²) in [5.41, 5.74) is 5.88. The number of H-pyrrole nitrogens is 2. The lowest BCUT2D eigenvalue weighted by Gasteiger charge is -2.30. The first-order valence-corrected chi connectivity index (χ1v) is 20.5. The van der Waals surface area contributed by atoms with Crippen LogP contribution in [0.3, 0.4) is 0 Å². The number of aromatic amines is 2. The van der Waals surface area contributed by atoms with Gasteiger partial charge in [-0.05, 0) is 102 Å². The molecule has 4 N–H and O–H groups in total. The summed E-state index contributed by atoms with van der Waals surface area (Å²) in [6.07, 6.45) is 5.04. The van der Waals surface area contributed by atoms with E-state index in [0.717, 1.165) is 71.3 Å². The molecule has 2 aromatic carbocycles. The van der Waals surface area contributed by atoms with E-state index in [9.17, 15) is 19.2 Å². The van der Waals surface area contributed by atoms with Gasteiger partial charge < -0.3 is 39.9 Å². The summed E-state index contributed by atoms with van der Waals surface area (Å²) < 4.78 is 9.61. The van der Waals surface area contributed by atoms with Crippen molar-refractivity contribution < 1.29 is 28.7 Å². The molecule has 0 bridgehead atoms. The molecule has 4 amide bonds. The van der Waals surface area contributed by atoms with Gasteiger partial charge in [-0.15, -0.1) is 0 Å². The number of nitrogens with one attached hydrogen (secondary N) is 4. The molecule has 0 unspecified atom stereocenters. The maximum atomic E-state index is 13.9. The molecule has 1 spiro atoms. The molecule has 8 rings (SSSR count). The number of likely N-dealkylation sites (tertiary alicyclic amines) is 2. The van der Waals surface area contributed by atoms with Gasteiger partial charge in [0, 0.05) is 24.2 Å². The summed E-state index contributed by atoms with van der Waals surface area (Å²) in [5, 5.41) is 9.16. The van der Waals surface area contributed by atoms with Crippen molar-refractivity contribution in [2.45, 2.75) is 70.1 Å². The number of thiophene rings is 1. The zero-order chi connectivity index (χ0) is 40.6. The highest BCUT2D eigenvalue weighted by Crippen LogP contribution is 2.58. The summed E-state index contributed by atoms with van der Waals surface area (Å²) in [7, 11) is 2.58. The SMILES string of the molecule is COC(=O)N[C@H](C(=O)N1CC2(CC2)C[C@H]1c1nc2ccc(C#Cc3ccc(-c4cnc([C@@H]5CCCN5C(=O)[C@H](NC(=O)OC)c5ccsc5)[nH]4)cc3)cc2[nH]1)C(C)C. The van der Waals surface area contributed by atoms with E-state index >= 15 is 0 Å². The number of carbonyl (C=O) groups is 4. The summed E-state index contributed by atoms with van der Waals surface area (Å²) in [5.74, 6) is 7.53. The van der Waals surface area contributed by atoms with Crippen LogP contribution in [0.1, 0.15) is 92.4 Å². The van der Waals surface area contributed by atoms with E-state index in [1.54, 1.807) is 11.1 Å². The highest BCUT2D eigenvalue weighted by molar-refractivity contribution is 7.08. The third-order valence-corrected chi connectivity index (χ3v) is 12.2. The summed E-state index contributed by atoms with van der Waals surface area (Å²) >= 11 is 1.46. The molecule has 300 valence electrons. The van der Waals surface area contributed by atoms with Gasteiger partial charge in [0.1, 0.15) is 23.7 Å². The number of nitrogens with zero attached hydrogens (tertiary/aromatic N) is 4. The van der Waals surface area contributed by atoms with Gasteiger partial charge >= 0.3 is 12.2 Å². The molecule has 1 aliphatic carbocycles. The standard InChI is InChI=1S/C43H46N8O6S/c1-25(2)35(48-41(54)56-3)39(52)51-24-43(16-17-43)21-34(51)38-45-30-14-11-27(20-31(30)46-38)8-7-26-9-12-28(13-10-26)32-22-44-37(47-32)33-6-5-18-50(33)40(53)36(49-42(55)57-4)29-15-19-58-23-29/h9-15,19-20,22-23,25,33-36H,5-6,16-18,21,24H2,1-4H3,(H,44,47)(H,45,46)(H,48,54)(H,49,55)/t33-,34-,35-,36+/m0/s1. The van der Waals surface area contributed by atoms with E-state index in [2.05, 4.69) is 37.4 Å². The molecule has 4 atom stereocenters. The van der Waals surface area contributed by atoms with Crippen LogP contribution >= 0.6 is 11.3 Å². The Bertz CT molecular complexity index is 2390. The van der Waals surface area contributed by atoms with Crippen LogP contribution in [0.25, 0.3) is 22.3 Å². The van der Waals surface area contributed by atoms with Crippen LogP contribution in [0, 0.1) is 23.2 Å². The monoisotopic (exact) mass is 802 g/mol. The Balaban J connectivity index is 0.947. The predicted molar refractivity (Wildman–Crippen MR) is 217 cm³/mol. The van der Waals surface area contributed by atoms with Crippen molar-refractivity contribution in [3.05, 3.63) is 93.8 Å². The lowest BCUT2D eigenvalue weighted by molar-refractivity contribution is -0.136. The van der Waals surface area contributed by atoms with E-state index in [1.165, 1.54) is 25.6 Å². The van der Waals surface area contributed by atoms with Gasteiger partial charge in [0.2, 0.25) is 5.91 Å². The van der Waals surface area contributed by atoms with Crippen molar-refractivity contribution in [1.82, 2.24) is 40.4 Å². The van der Waals surface area contributed by atoms with Crippen molar-refractivity contribution >= 4 is 46.4 Å². The number of methoxy groups -OCH3 is 2. The van der Waals surface area contributed by atoms with Crippen molar-refractivity contribution in [2.24, 2.45) is 11.3 Å². The lowest BCUT2D eigenvalue weighted by Crippen LogP contribution is -2.51. The van der Waals surface area contributed by atoms with Crippen LogP contribution in [-0.4, -0.2) is 87.1 Å². The Morgan fingerprint density at radius 3 is 2.34 bits per heavy atom. The van der Waals surface area contributed by atoms with Gasteiger partial charge in [0.25, 0.3) is 5.91 Å². The minimum Gasteiger partial charge on any atom is -0.453 e. The number of hydrogen-bond acceptors (Lipinski definition) is 9. The maximum Gasteiger partial charge on any atom is 0.407 e. The Kier molecular flexibility index (Phi) is 10.7. The molecule has 5 heterocycles. The third-order valence-electron chi connectivity index (χ3n) is 11.5. The second-order valence-corrected chi connectivity index (χ2v) is 16.5. The summed E-state index contributed by atoms with van der Waals surface area (Å²) in [6.45, 7) is 5.03. The van der Waals surface area contributed by atoms with Gasteiger partial charge in [0.05, 0.1) is 49.2 Å². The molecule has 58 heavy (non-hydrogen) atoms. The molecule has 2 saturated heterocycles. The van der Waals surface area contributed by atoms with Gasteiger partial charge in [0.15, 0.2) is 0 Å². The molecule has 15 heteroatoms. The van der Waals surface area contributed by atoms with E-state index in [4.69, 9.17) is 14.5 Å². The molecular formula is C43H46N8O6S. The summed E-state index contributed by atoms with van der Waals surface area (Å²) in [6, 6.07) is 13.6. The number of benzene rings is 2. The van der Waals surface area contributed by atoms with Crippen LogP contribution in [0.5, 0.6) is 0 Å². The number of ether oxygens (including phenoxy) is 2. The lowest BCUT2D eigenvalue weighted by atomic mass is 10.0. The van der Waals surface area contributed by atoms with Crippen molar-refractivity contribution in [3.63, 3.8) is 0 Å². The number of alkyl carbamates (subject to hydrolysis) is 2. The number of rotatable bonds is 9. The fourth-order valence-electron chi connectivity index (χ4n) is 8.13. The first-order valence-electron chi connectivity index (χ1n) is 19.5. The largest absolute Gasteiger partial charge is 0.453 e. The van der Waals surface area contributed by atoms with Crippen LogP contribution < -0.4 is 10.6 Å². The molecule has 3 aliphatic rings. The normalized spacial score (nSPS) is 19.1. The maximum absolute atomic E-state index is 13.9. The number of aromatic nitrogens is 4. The van der Waals surface area contributed by atoms with Gasteiger partial charge in [-0.1, -0.05) is 37.8 Å². The number of hydrogen-bond donors (Lipinski definition) is 4. The number of fused-ring (bicyclic) bond motifs is 1. The first kappa shape index (κ1) is 38.7. The van der Waals surface area contributed by atoms with Crippen molar-refractivity contribution in [1.29, 1.82) is 0 Å². The predicted octanol–water partition coefficient (Wildman–Crippen LogP) is 6.61. The van der Waals surface area contributed by atoms with E-state index in [0.29, 0.717) is 24.5 Å². The van der Waals surface area contributed by atoms with Crippen molar-refractivity contribution in [3.8, 4) is 23.1 Å². The van der Waals surface area contributed by atoms with Gasteiger partial charge in [-0.3, -0.25) is 9.59 Å². The fraction of sp³-hybridized carbons (Fsp3) is 0.395. The van der Waals surface area contributed by atoms with Crippen molar-refractivity contribution in [2.75, 3.05) is 27.3 Å².